The third-order valence-corrected chi connectivity index (χ3v) is 8.39. The summed E-state index contributed by atoms with van der Waals surface area (Å²) in [5.74, 6) is -1.99. The summed E-state index contributed by atoms with van der Waals surface area (Å²) >= 11 is 0. The zero-order chi connectivity index (χ0) is 29.6. The van der Waals surface area contributed by atoms with E-state index in [1.165, 1.54) is 47.5 Å². The van der Waals surface area contributed by atoms with Gasteiger partial charge < -0.3 is 4.18 Å². The zero-order valence-corrected chi connectivity index (χ0v) is 22.9. The average Bonchev–Trinajstić information content (AvgIpc) is 3.49. The molecule has 4 aromatic carbocycles. The molecule has 0 spiro atoms. The minimum absolute atomic E-state index is 0.00994. The molecule has 212 valence electrons. The van der Waals surface area contributed by atoms with E-state index >= 15 is 0 Å². The van der Waals surface area contributed by atoms with Crippen LogP contribution in [0, 0.1) is 23.0 Å². The quantitative estimate of drug-likeness (QED) is 0.131. The Hall–Kier alpha value is -5.07. The van der Waals surface area contributed by atoms with Gasteiger partial charge in [0.2, 0.25) is 5.91 Å². The molecule has 12 heteroatoms. The van der Waals surface area contributed by atoms with E-state index in [-0.39, 0.29) is 22.0 Å². The van der Waals surface area contributed by atoms with Gasteiger partial charge in [-0.3, -0.25) is 24.5 Å². The summed E-state index contributed by atoms with van der Waals surface area (Å²) in [6.45, 7) is 1.85. The fourth-order valence-electron chi connectivity index (χ4n) is 5.22. The van der Waals surface area contributed by atoms with E-state index < -0.39 is 44.9 Å². The maximum absolute atomic E-state index is 13.8. The van der Waals surface area contributed by atoms with E-state index in [1.54, 1.807) is 54.6 Å². The van der Waals surface area contributed by atoms with Crippen molar-refractivity contribution in [1.82, 2.24) is 0 Å². The summed E-state index contributed by atoms with van der Waals surface area (Å²) in [7, 11) is -4.09. The summed E-state index contributed by atoms with van der Waals surface area (Å²) < 4.78 is 30.7. The van der Waals surface area contributed by atoms with Crippen LogP contribution in [0.4, 0.5) is 17.1 Å². The highest BCUT2D eigenvalue weighted by atomic mass is 32.2. The largest absolute Gasteiger partial charge is 0.379 e. The van der Waals surface area contributed by atoms with Gasteiger partial charge in [0.05, 0.1) is 22.3 Å². The number of carbonyl (C=O) groups is 2. The highest BCUT2D eigenvalue weighted by Crippen LogP contribution is 2.48. The van der Waals surface area contributed by atoms with Crippen LogP contribution in [0.25, 0.3) is 0 Å². The van der Waals surface area contributed by atoms with E-state index in [0.29, 0.717) is 11.3 Å². The van der Waals surface area contributed by atoms with Gasteiger partial charge >= 0.3 is 10.1 Å². The molecule has 3 atom stereocenters. The molecule has 4 aromatic rings. The number of non-ortho nitro benzene ring substituents is 1. The van der Waals surface area contributed by atoms with Crippen molar-refractivity contribution >= 4 is 39.0 Å². The summed E-state index contributed by atoms with van der Waals surface area (Å²) in [4.78, 5) is 45.5. The number of carbonyl (C=O) groups excluding carboxylic acids is 2. The van der Waals surface area contributed by atoms with E-state index in [4.69, 9.17) is 9.02 Å². The van der Waals surface area contributed by atoms with E-state index in [0.717, 1.165) is 10.5 Å². The number of nitro groups is 1. The smallest absolute Gasteiger partial charge is 0.339 e. The molecule has 2 fully saturated rings. The van der Waals surface area contributed by atoms with Crippen LogP contribution in [0.15, 0.2) is 108 Å². The first-order valence-corrected chi connectivity index (χ1v) is 14.3. The fourth-order valence-corrected chi connectivity index (χ4v) is 6.18. The molecular weight excluding hydrogens is 562 g/mol. The minimum Gasteiger partial charge on any atom is -0.379 e. The van der Waals surface area contributed by atoms with Crippen molar-refractivity contribution in [2.75, 3.05) is 9.96 Å². The van der Waals surface area contributed by atoms with Crippen molar-refractivity contribution in [2.45, 2.75) is 24.0 Å². The number of hydroxylamine groups is 1. The van der Waals surface area contributed by atoms with Crippen LogP contribution in [0.5, 0.6) is 5.75 Å². The number of fused-ring (bicyclic) bond motifs is 1. The van der Waals surface area contributed by atoms with Crippen molar-refractivity contribution < 1.29 is 32.0 Å². The lowest BCUT2D eigenvalue weighted by molar-refractivity contribution is -0.384. The Kier molecular flexibility index (Phi) is 6.71. The van der Waals surface area contributed by atoms with Gasteiger partial charge in [-0.05, 0) is 60.5 Å². The summed E-state index contributed by atoms with van der Waals surface area (Å²) in [6, 6.07) is 25.5. The van der Waals surface area contributed by atoms with E-state index in [2.05, 4.69) is 0 Å². The predicted octanol–water partition coefficient (Wildman–Crippen LogP) is 4.72. The Bertz CT molecular complexity index is 1810. The van der Waals surface area contributed by atoms with Crippen LogP contribution in [-0.4, -0.2) is 31.3 Å². The van der Waals surface area contributed by atoms with Gasteiger partial charge in [-0.25, -0.2) is 9.96 Å². The van der Waals surface area contributed by atoms with Crippen molar-refractivity contribution in [1.29, 1.82) is 0 Å². The Morgan fingerprint density at radius 1 is 0.833 bits per heavy atom. The number of nitrogens with zero attached hydrogens (tertiary/aromatic N) is 3. The molecule has 0 bridgehead atoms. The molecule has 2 heterocycles. The molecule has 0 N–H and O–H groups in total. The van der Waals surface area contributed by atoms with Gasteiger partial charge in [-0.15, -0.1) is 0 Å². The molecule has 2 aliphatic rings. The molecule has 6 rings (SSSR count). The van der Waals surface area contributed by atoms with Crippen molar-refractivity contribution in [2.24, 2.45) is 5.92 Å². The number of nitro benzene ring substituents is 1. The molecule has 42 heavy (non-hydrogen) atoms. The molecule has 2 aliphatic heterocycles. The van der Waals surface area contributed by atoms with Gasteiger partial charge in [0.25, 0.3) is 11.6 Å². The summed E-state index contributed by atoms with van der Waals surface area (Å²) in [6.07, 6.45) is -1.18. The Balaban J connectivity index is 1.38. The lowest BCUT2D eigenvalue weighted by Gasteiger charge is -2.28. The molecule has 0 aromatic heterocycles. The predicted molar refractivity (Wildman–Crippen MR) is 151 cm³/mol. The first-order chi connectivity index (χ1) is 20.1. The SMILES string of the molecule is Cc1cccc(N2C(=O)[C@H]3[C@@H](ON(c4cccc([N+](=O)[O-])c4)[C@H]3c3ccc(OS(=O)(=O)c4ccccc4)cc3)C2=O)c1. The standard InChI is InChI=1S/C30H23N3O8S/c1-19-7-5-8-21(17-19)31-29(34)26-27(32(40-28(26)30(31)35)22-9-6-10-23(18-22)33(36)37)20-13-15-24(16-14-20)41-42(38,39)25-11-3-2-4-12-25/h2-18,26-28H,1H3/t26-,27+,28-/m1/s1. The Labute approximate surface area is 240 Å². The first kappa shape index (κ1) is 27.1. The van der Waals surface area contributed by atoms with Gasteiger partial charge in [0.15, 0.2) is 6.10 Å². The monoisotopic (exact) mass is 585 g/mol. The van der Waals surface area contributed by atoms with Gasteiger partial charge in [0.1, 0.15) is 16.6 Å². The molecule has 0 aliphatic carbocycles. The van der Waals surface area contributed by atoms with Gasteiger partial charge in [-0.2, -0.15) is 8.42 Å². The van der Waals surface area contributed by atoms with Crippen LogP contribution in [0.1, 0.15) is 17.2 Å². The van der Waals surface area contributed by atoms with Gasteiger partial charge in [0, 0.05) is 12.1 Å². The number of hydrogen-bond donors (Lipinski definition) is 0. The van der Waals surface area contributed by atoms with Crippen LogP contribution < -0.4 is 14.1 Å². The summed E-state index contributed by atoms with van der Waals surface area (Å²) in [5.41, 5.74) is 1.87. The number of rotatable bonds is 7. The first-order valence-electron chi connectivity index (χ1n) is 12.9. The van der Waals surface area contributed by atoms with Crippen molar-refractivity contribution in [3.63, 3.8) is 0 Å². The Morgan fingerprint density at radius 3 is 2.21 bits per heavy atom. The van der Waals surface area contributed by atoms with E-state index in [1.807, 2.05) is 13.0 Å². The number of imide groups is 1. The molecule has 0 radical (unpaired) electrons. The molecule has 11 nitrogen and oxygen atoms in total. The topological polar surface area (TPSA) is 136 Å². The lowest BCUT2D eigenvalue weighted by atomic mass is 9.90. The maximum atomic E-state index is 13.8. The van der Waals surface area contributed by atoms with Crippen molar-refractivity contribution in [3.8, 4) is 5.75 Å². The zero-order valence-electron chi connectivity index (χ0n) is 22.1. The fraction of sp³-hybridized carbons (Fsp3) is 0.133. The highest BCUT2D eigenvalue weighted by molar-refractivity contribution is 7.87. The second kappa shape index (κ2) is 10.4. The number of anilines is 2. The van der Waals surface area contributed by atoms with Crippen LogP contribution in [-0.2, 0) is 24.5 Å². The van der Waals surface area contributed by atoms with Crippen LogP contribution >= 0.6 is 0 Å². The highest BCUT2D eigenvalue weighted by Gasteiger charge is 2.60. The van der Waals surface area contributed by atoms with Crippen LogP contribution in [0.3, 0.4) is 0 Å². The molecule has 0 saturated carbocycles. The number of aryl methyl sites for hydroxylation is 1. The maximum Gasteiger partial charge on any atom is 0.339 e. The minimum atomic E-state index is -4.09. The molecule has 2 amide bonds. The Morgan fingerprint density at radius 2 is 1.52 bits per heavy atom. The average molecular weight is 586 g/mol. The normalized spacial score (nSPS) is 20.1. The number of hydrogen-bond acceptors (Lipinski definition) is 9. The molecule has 2 saturated heterocycles. The third kappa shape index (κ3) is 4.76. The molecular formula is C30H23N3O8S. The third-order valence-electron chi connectivity index (χ3n) is 7.13. The van der Waals surface area contributed by atoms with Gasteiger partial charge in [-0.1, -0.05) is 48.5 Å². The lowest BCUT2D eigenvalue weighted by Crippen LogP contribution is -2.37. The second-order valence-electron chi connectivity index (χ2n) is 9.87. The summed E-state index contributed by atoms with van der Waals surface area (Å²) in [5, 5.41) is 12.8. The second-order valence-corrected chi connectivity index (χ2v) is 11.4. The van der Waals surface area contributed by atoms with Crippen molar-refractivity contribution in [3.05, 3.63) is 124 Å². The van der Waals surface area contributed by atoms with Crippen LogP contribution in [0.2, 0.25) is 0 Å². The van der Waals surface area contributed by atoms with E-state index in [9.17, 15) is 28.1 Å². The number of benzene rings is 4. The number of amides is 2. The molecule has 0 unspecified atom stereocenters.